The lowest BCUT2D eigenvalue weighted by Gasteiger charge is -2.10. The fraction of sp³-hybridized carbons (Fsp3) is 0.0833. The zero-order valence-corrected chi connectivity index (χ0v) is 11.7. The maximum atomic E-state index is 13.5. The van der Waals surface area contributed by atoms with E-state index in [1.807, 2.05) is 0 Å². The first-order chi connectivity index (χ1) is 9.20. The summed E-state index contributed by atoms with van der Waals surface area (Å²) < 4.78 is 50.8. The Labute approximate surface area is 126 Å². The van der Waals surface area contributed by atoms with Gasteiger partial charge in [0, 0.05) is 22.8 Å². The molecule has 20 heavy (non-hydrogen) atoms. The van der Waals surface area contributed by atoms with Crippen LogP contribution in [0.25, 0.3) is 11.3 Å². The van der Waals surface area contributed by atoms with Crippen LogP contribution in [-0.2, 0) is 6.18 Å². The summed E-state index contributed by atoms with van der Waals surface area (Å²) in [6.07, 6.45) is -4.42. The van der Waals surface area contributed by atoms with E-state index in [1.54, 1.807) is 0 Å². The van der Waals surface area contributed by atoms with Crippen LogP contribution < -0.4 is 0 Å². The number of benzene rings is 1. The lowest BCUT2D eigenvalue weighted by molar-refractivity contribution is -0.140. The quantitative estimate of drug-likeness (QED) is 0.466. The largest absolute Gasteiger partial charge is 0.420 e. The molecule has 0 spiro atoms. The zero-order valence-electron chi connectivity index (χ0n) is 9.40. The Bertz CT molecular complexity index is 670. The summed E-state index contributed by atoms with van der Waals surface area (Å²) in [7, 11) is 0. The Morgan fingerprint density at radius 3 is 2.20 bits per heavy atom. The molecular formula is C12H4Cl3F4N. The molecule has 1 aromatic carbocycles. The molecule has 1 heterocycles. The van der Waals surface area contributed by atoms with Crippen molar-refractivity contribution < 1.29 is 17.6 Å². The van der Waals surface area contributed by atoms with Crippen molar-refractivity contribution in [2.75, 3.05) is 0 Å². The van der Waals surface area contributed by atoms with E-state index in [2.05, 4.69) is 4.98 Å². The van der Waals surface area contributed by atoms with Gasteiger partial charge < -0.3 is 0 Å². The highest BCUT2D eigenvalue weighted by Crippen LogP contribution is 2.37. The van der Waals surface area contributed by atoms with Crippen molar-refractivity contribution in [2.24, 2.45) is 0 Å². The van der Waals surface area contributed by atoms with Crippen LogP contribution in [0.3, 0.4) is 0 Å². The van der Waals surface area contributed by atoms with E-state index in [0.717, 1.165) is 0 Å². The molecule has 8 heteroatoms. The maximum absolute atomic E-state index is 13.5. The van der Waals surface area contributed by atoms with Gasteiger partial charge in [-0.1, -0.05) is 34.8 Å². The van der Waals surface area contributed by atoms with Gasteiger partial charge in [-0.05, 0) is 12.1 Å². The van der Waals surface area contributed by atoms with Crippen LogP contribution in [0.4, 0.5) is 17.6 Å². The number of nitrogens with zero attached hydrogens (tertiary/aromatic N) is 1. The molecule has 1 aromatic heterocycles. The monoisotopic (exact) mass is 343 g/mol. The van der Waals surface area contributed by atoms with Crippen LogP contribution in [0, 0.1) is 5.82 Å². The van der Waals surface area contributed by atoms with Crippen molar-refractivity contribution in [3.8, 4) is 11.3 Å². The molecule has 0 atom stereocenters. The van der Waals surface area contributed by atoms with E-state index in [-0.39, 0.29) is 26.3 Å². The Hall–Kier alpha value is -1.04. The first-order valence-electron chi connectivity index (χ1n) is 5.08. The standard InChI is InChI=1S/C12H4Cl3F4N/c13-5-1-6(11(15)8(14)2-5)10-3-9(16)7(4-20-10)12(17,18)19/h1-4H. The molecule has 0 saturated carbocycles. The molecule has 0 aliphatic heterocycles. The van der Waals surface area contributed by atoms with Gasteiger partial charge in [0.15, 0.2) is 0 Å². The lowest BCUT2D eigenvalue weighted by Crippen LogP contribution is -2.09. The first-order valence-corrected chi connectivity index (χ1v) is 6.21. The average Bonchev–Trinajstić information content (AvgIpc) is 2.32. The van der Waals surface area contributed by atoms with Gasteiger partial charge in [0.05, 0.1) is 15.7 Å². The van der Waals surface area contributed by atoms with Gasteiger partial charge in [-0.15, -0.1) is 0 Å². The number of pyridine rings is 1. The minimum absolute atomic E-state index is 0.0303. The number of aromatic nitrogens is 1. The summed E-state index contributed by atoms with van der Waals surface area (Å²) in [5, 5.41) is 0.329. The van der Waals surface area contributed by atoms with E-state index in [4.69, 9.17) is 34.8 Å². The van der Waals surface area contributed by atoms with Gasteiger partial charge in [-0.3, -0.25) is 4.98 Å². The summed E-state index contributed by atoms with van der Waals surface area (Å²) in [5.41, 5.74) is -1.40. The molecule has 0 amide bonds. The van der Waals surface area contributed by atoms with Crippen molar-refractivity contribution >= 4 is 34.8 Å². The summed E-state index contributed by atoms with van der Waals surface area (Å²) in [6, 6.07) is 3.33. The molecule has 0 radical (unpaired) electrons. The van der Waals surface area contributed by atoms with Crippen molar-refractivity contribution in [1.29, 1.82) is 0 Å². The van der Waals surface area contributed by atoms with Crippen molar-refractivity contribution in [2.45, 2.75) is 6.18 Å². The third-order valence-corrected chi connectivity index (χ3v) is 3.45. The average molecular weight is 345 g/mol. The van der Waals surface area contributed by atoms with Gasteiger partial charge in [0.25, 0.3) is 0 Å². The summed E-state index contributed by atoms with van der Waals surface area (Å²) >= 11 is 17.5. The van der Waals surface area contributed by atoms with Gasteiger partial charge in [-0.25, -0.2) is 4.39 Å². The van der Waals surface area contributed by atoms with E-state index in [1.165, 1.54) is 12.1 Å². The Morgan fingerprint density at radius 1 is 1.00 bits per heavy atom. The second-order valence-corrected chi connectivity index (χ2v) is 5.02. The van der Waals surface area contributed by atoms with E-state index < -0.39 is 17.6 Å². The van der Waals surface area contributed by atoms with E-state index in [0.29, 0.717) is 12.3 Å². The van der Waals surface area contributed by atoms with Crippen LogP contribution in [0.5, 0.6) is 0 Å². The number of alkyl halides is 3. The van der Waals surface area contributed by atoms with Gasteiger partial charge in [0.1, 0.15) is 11.4 Å². The van der Waals surface area contributed by atoms with Crippen molar-refractivity contribution in [3.05, 3.63) is 50.8 Å². The molecule has 0 saturated heterocycles. The van der Waals surface area contributed by atoms with Crippen molar-refractivity contribution in [1.82, 2.24) is 4.98 Å². The van der Waals surface area contributed by atoms with Crippen LogP contribution in [0.2, 0.25) is 15.1 Å². The molecule has 0 unspecified atom stereocenters. The molecule has 0 fully saturated rings. The van der Waals surface area contributed by atoms with Crippen molar-refractivity contribution in [3.63, 3.8) is 0 Å². The Kier molecular flexibility index (Phi) is 4.14. The van der Waals surface area contributed by atoms with Gasteiger partial charge in [-0.2, -0.15) is 13.2 Å². The molecule has 0 bridgehead atoms. The molecule has 106 valence electrons. The highest BCUT2D eigenvalue weighted by molar-refractivity contribution is 6.45. The fourth-order valence-electron chi connectivity index (χ4n) is 1.53. The summed E-state index contributed by atoms with van der Waals surface area (Å²) in [4.78, 5) is 3.56. The maximum Gasteiger partial charge on any atom is 0.420 e. The molecular weight excluding hydrogens is 340 g/mol. The van der Waals surface area contributed by atoms with E-state index in [9.17, 15) is 17.6 Å². The lowest BCUT2D eigenvalue weighted by atomic mass is 10.1. The van der Waals surface area contributed by atoms with Gasteiger partial charge >= 0.3 is 6.18 Å². The highest BCUT2D eigenvalue weighted by atomic mass is 35.5. The second kappa shape index (κ2) is 5.39. The number of halogens is 7. The SMILES string of the molecule is Fc1cc(-c2cc(Cl)cc(Cl)c2Cl)ncc1C(F)(F)F. The first kappa shape index (κ1) is 15.4. The molecule has 0 aliphatic rings. The predicted molar refractivity (Wildman–Crippen MR) is 69.7 cm³/mol. The molecule has 2 aromatic rings. The predicted octanol–water partition coefficient (Wildman–Crippen LogP) is 5.87. The third kappa shape index (κ3) is 3.00. The van der Waals surface area contributed by atoms with Crippen LogP contribution in [0.15, 0.2) is 24.4 Å². The van der Waals surface area contributed by atoms with Crippen LogP contribution >= 0.6 is 34.8 Å². The van der Waals surface area contributed by atoms with Gasteiger partial charge in [0.2, 0.25) is 0 Å². The number of rotatable bonds is 1. The van der Waals surface area contributed by atoms with Crippen LogP contribution in [0.1, 0.15) is 5.56 Å². The smallest absolute Gasteiger partial charge is 0.255 e. The van der Waals surface area contributed by atoms with Crippen LogP contribution in [-0.4, -0.2) is 4.98 Å². The fourth-order valence-corrected chi connectivity index (χ4v) is 2.23. The summed E-state index contributed by atoms with van der Waals surface area (Å²) in [5.74, 6) is -1.45. The van der Waals surface area contributed by atoms with E-state index >= 15 is 0 Å². The highest BCUT2D eigenvalue weighted by Gasteiger charge is 2.34. The molecule has 0 N–H and O–H groups in total. The molecule has 0 aliphatic carbocycles. The molecule has 1 nitrogen and oxygen atoms in total. The minimum Gasteiger partial charge on any atom is -0.255 e. The number of hydrogen-bond donors (Lipinski definition) is 0. The Balaban J connectivity index is 2.58. The Morgan fingerprint density at radius 2 is 1.65 bits per heavy atom. The zero-order chi connectivity index (χ0) is 15.1. The topological polar surface area (TPSA) is 12.9 Å². The summed E-state index contributed by atoms with van der Waals surface area (Å²) in [6.45, 7) is 0. The minimum atomic E-state index is -4.81. The number of hydrogen-bond acceptors (Lipinski definition) is 1. The normalized spacial score (nSPS) is 11.8. The third-order valence-electron chi connectivity index (χ3n) is 2.43. The second-order valence-electron chi connectivity index (χ2n) is 3.80. The molecule has 2 rings (SSSR count).